The third kappa shape index (κ3) is 6.87. The number of H-pyrrole nitrogens is 1. The fourth-order valence-electron chi connectivity index (χ4n) is 6.48. The molecule has 6 amide bonds. The summed E-state index contributed by atoms with van der Waals surface area (Å²) >= 11 is 0. The molecule has 3 saturated heterocycles. The highest BCUT2D eigenvalue weighted by atomic mass is 16.2. The molecule has 44 heavy (non-hydrogen) atoms. The Morgan fingerprint density at radius 2 is 1.32 bits per heavy atom. The molecule has 4 heterocycles. The SMILES string of the molecule is CC(C)C[C@@H]1NC(=O)CNC(=O)[C@@H]2CCCN2C(=O)[C@H](Cc2c[nH]c3ccccc23)NC(=O)CNC(=O)[C@@H]2CCCN2C1=O. The van der Waals surface area contributed by atoms with Crippen molar-refractivity contribution in [1.82, 2.24) is 36.1 Å². The molecular weight excluding hydrogens is 566 g/mol. The minimum absolute atomic E-state index is 0.0746. The molecule has 13 nitrogen and oxygen atoms in total. The normalized spacial score (nSPS) is 26.1. The molecule has 3 fully saturated rings. The lowest BCUT2D eigenvalue weighted by molar-refractivity contribution is -0.143. The Kier molecular flexibility index (Phi) is 9.50. The second-order valence-corrected chi connectivity index (χ2v) is 12.2. The summed E-state index contributed by atoms with van der Waals surface area (Å²) in [5, 5.41) is 11.7. The van der Waals surface area contributed by atoms with Crippen molar-refractivity contribution in [3.05, 3.63) is 36.0 Å². The second kappa shape index (κ2) is 13.5. The van der Waals surface area contributed by atoms with Crippen molar-refractivity contribution < 1.29 is 28.8 Å². The number of hydrogen-bond donors (Lipinski definition) is 5. The molecule has 0 bridgehead atoms. The molecule has 0 spiro atoms. The van der Waals surface area contributed by atoms with Gasteiger partial charge in [-0.1, -0.05) is 32.0 Å². The van der Waals surface area contributed by atoms with Crippen molar-refractivity contribution in [2.75, 3.05) is 26.2 Å². The van der Waals surface area contributed by atoms with E-state index in [0.29, 0.717) is 45.2 Å². The lowest BCUT2D eigenvalue weighted by Crippen LogP contribution is -2.58. The molecule has 1 aromatic heterocycles. The highest BCUT2D eigenvalue weighted by molar-refractivity contribution is 5.97. The van der Waals surface area contributed by atoms with E-state index in [4.69, 9.17) is 0 Å². The first-order chi connectivity index (χ1) is 21.1. The first kappa shape index (κ1) is 31.0. The standard InChI is InChI=1S/C31H41N7O6/c1-18(2)13-22-30(43)37-11-5-9-24(37)28(41)34-17-27(40)36-23(14-19-15-32-21-8-4-3-7-20(19)21)31(44)38-12-6-10-25(38)29(42)33-16-26(39)35-22/h3-4,7-8,15,18,22-25,32H,5-6,9-14,16-17H2,1-2H3,(H,33,42)(H,34,41)(H,35,39)(H,36,40)/t22-,23-,24-,25-/m0/s1. The van der Waals surface area contributed by atoms with Gasteiger partial charge in [0, 0.05) is 36.6 Å². The van der Waals surface area contributed by atoms with Crippen molar-refractivity contribution in [1.29, 1.82) is 0 Å². The fourth-order valence-corrected chi connectivity index (χ4v) is 6.48. The summed E-state index contributed by atoms with van der Waals surface area (Å²) in [6, 6.07) is 4.15. The van der Waals surface area contributed by atoms with Crippen LogP contribution in [-0.2, 0) is 35.2 Å². The highest BCUT2D eigenvalue weighted by Gasteiger charge is 2.40. The van der Waals surface area contributed by atoms with Gasteiger partial charge in [0.05, 0.1) is 13.1 Å². The van der Waals surface area contributed by atoms with Crippen molar-refractivity contribution in [2.24, 2.45) is 5.92 Å². The third-order valence-electron chi connectivity index (χ3n) is 8.60. The monoisotopic (exact) mass is 607 g/mol. The van der Waals surface area contributed by atoms with Crippen LogP contribution in [0.1, 0.15) is 51.5 Å². The van der Waals surface area contributed by atoms with E-state index in [0.717, 1.165) is 16.5 Å². The van der Waals surface area contributed by atoms with Gasteiger partial charge in [0.15, 0.2) is 0 Å². The minimum atomic E-state index is -1.00. The van der Waals surface area contributed by atoms with Crippen LogP contribution in [-0.4, -0.2) is 101 Å². The van der Waals surface area contributed by atoms with Crippen LogP contribution in [0.2, 0.25) is 0 Å². The molecule has 5 rings (SSSR count). The predicted molar refractivity (Wildman–Crippen MR) is 161 cm³/mol. The number of carbonyl (C=O) groups is 6. The van der Waals surface area contributed by atoms with Crippen LogP contribution in [0.15, 0.2) is 30.5 Å². The van der Waals surface area contributed by atoms with E-state index in [1.165, 1.54) is 9.80 Å². The number of nitrogens with one attached hydrogen (secondary N) is 5. The molecule has 0 radical (unpaired) electrons. The maximum absolute atomic E-state index is 13.9. The van der Waals surface area contributed by atoms with Crippen LogP contribution in [0, 0.1) is 5.92 Å². The zero-order valence-corrected chi connectivity index (χ0v) is 25.2. The number of hydrogen-bond acceptors (Lipinski definition) is 6. The van der Waals surface area contributed by atoms with Gasteiger partial charge in [-0.05, 0) is 49.7 Å². The number of amides is 6. The van der Waals surface area contributed by atoms with Crippen LogP contribution in [0.5, 0.6) is 0 Å². The summed E-state index contributed by atoms with van der Waals surface area (Å²) in [4.78, 5) is 86.2. The number of nitrogens with zero attached hydrogens (tertiary/aromatic N) is 2. The predicted octanol–water partition coefficient (Wildman–Crippen LogP) is -0.0459. The van der Waals surface area contributed by atoms with Crippen molar-refractivity contribution in [2.45, 2.75) is 76.5 Å². The summed E-state index contributed by atoms with van der Waals surface area (Å²) < 4.78 is 0. The molecule has 4 atom stereocenters. The van der Waals surface area contributed by atoms with Crippen LogP contribution in [0.25, 0.3) is 10.9 Å². The summed E-state index contributed by atoms with van der Waals surface area (Å²) in [5.41, 5.74) is 1.70. The number of para-hydroxylation sites is 1. The van der Waals surface area contributed by atoms with Gasteiger partial charge in [-0.15, -0.1) is 0 Å². The van der Waals surface area contributed by atoms with E-state index < -0.39 is 53.7 Å². The van der Waals surface area contributed by atoms with Crippen LogP contribution in [0.3, 0.4) is 0 Å². The van der Waals surface area contributed by atoms with Gasteiger partial charge >= 0.3 is 0 Å². The molecule has 2 aromatic rings. The number of rotatable bonds is 4. The maximum atomic E-state index is 13.9. The van der Waals surface area contributed by atoms with E-state index >= 15 is 0 Å². The lowest BCUT2D eigenvalue weighted by atomic mass is 10.0. The van der Waals surface area contributed by atoms with Gasteiger partial charge < -0.3 is 36.1 Å². The van der Waals surface area contributed by atoms with Crippen LogP contribution >= 0.6 is 0 Å². The van der Waals surface area contributed by atoms with Gasteiger partial charge in [0.25, 0.3) is 0 Å². The van der Waals surface area contributed by atoms with Crippen LogP contribution in [0.4, 0.5) is 0 Å². The molecule has 3 aliphatic rings. The average Bonchev–Trinajstić information content (AvgIpc) is 3.77. The molecule has 236 valence electrons. The third-order valence-corrected chi connectivity index (χ3v) is 8.60. The largest absolute Gasteiger partial charge is 0.361 e. The Labute approximate surface area is 255 Å². The van der Waals surface area contributed by atoms with E-state index in [1.807, 2.05) is 38.1 Å². The first-order valence-corrected chi connectivity index (χ1v) is 15.4. The lowest BCUT2D eigenvalue weighted by Gasteiger charge is -2.30. The highest BCUT2D eigenvalue weighted by Crippen LogP contribution is 2.24. The Bertz CT molecular complexity index is 1440. The Balaban J connectivity index is 1.41. The van der Waals surface area contributed by atoms with E-state index in [9.17, 15) is 28.8 Å². The van der Waals surface area contributed by atoms with Gasteiger partial charge in [0.1, 0.15) is 24.2 Å². The molecule has 0 saturated carbocycles. The fraction of sp³-hybridized carbons (Fsp3) is 0.548. The van der Waals surface area contributed by atoms with Gasteiger partial charge in [0.2, 0.25) is 35.4 Å². The number of carbonyl (C=O) groups excluding carboxylic acids is 6. The van der Waals surface area contributed by atoms with Crippen LogP contribution < -0.4 is 21.3 Å². The second-order valence-electron chi connectivity index (χ2n) is 12.2. The van der Waals surface area contributed by atoms with Crippen molar-refractivity contribution in [3.63, 3.8) is 0 Å². The van der Waals surface area contributed by atoms with Gasteiger partial charge in [-0.25, -0.2) is 0 Å². The molecule has 13 heteroatoms. The Hall–Kier alpha value is -4.42. The number of benzene rings is 1. The molecular formula is C31H41N7O6. The topological polar surface area (TPSA) is 173 Å². The quantitative estimate of drug-likeness (QED) is 0.326. The number of fused-ring (bicyclic) bond motifs is 3. The van der Waals surface area contributed by atoms with Gasteiger partial charge in [-0.2, -0.15) is 0 Å². The Morgan fingerprint density at radius 3 is 1.91 bits per heavy atom. The summed E-state index contributed by atoms with van der Waals surface area (Å²) in [5.74, 6) is -2.73. The molecule has 1 aromatic carbocycles. The average molecular weight is 608 g/mol. The maximum Gasteiger partial charge on any atom is 0.246 e. The van der Waals surface area contributed by atoms with E-state index in [1.54, 1.807) is 6.20 Å². The summed E-state index contributed by atoms with van der Waals surface area (Å²) in [6.45, 7) is 3.78. The zero-order chi connectivity index (χ0) is 31.4. The molecule has 0 aliphatic carbocycles. The Morgan fingerprint density at radius 1 is 0.773 bits per heavy atom. The van der Waals surface area contributed by atoms with Crippen molar-refractivity contribution in [3.8, 4) is 0 Å². The first-order valence-electron chi connectivity index (χ1n) is 15.4. The van der Waals surface area contributed by atoms with Crippen molar-refractivity contribution >= 4 is 46.3 Å². The molecule has 5 N–H and O–H groups in total. The summed E-state index contributed by atoms with van der Waals surface area (Å²) in [6.07, 6.45) is 4.34. The zero-order valence-electron chi connectivity index (χ0n) is 25.2. The summed E-state index contributed by atoms with van der Waals surface area (Å²) in [7, 11) is 0. The number of aromatic amines is 1. The molecule has 3 aliphatic heterocycles. The number of aromatic nitrogens is 1. The van der Waals surface area contributed by atoms with E-state index in [-0.39, 0.29) is 31.3 Å². The van der Waals surface area contributed by atoms with E-state index in [2.05, 4.69) is 26.3 Å². The minimum Gasteiger partial charge on any atom is -0.361 e. The molecule has 0 unspecified atom stereocenters. The van der Waals surface area contributed by atoms with Gasteiger partial charge in [-0.3, -0.25) is 28.8 Å². The smallest absolute Gasteiger partial charge is 0.246 e.